The van der Waals surface area contributed by atoms with Gasteiger partial charge in [-0.05, 0) is 49.6 Å². The highest BCUT2D eigenvalue weighted by Gasteiger charge is 1.97. The maximum atomic E-state index is 4.55. The molecular weight excluding hydrogens is 232 g/mol. The van der Waals surface area contributed by atoms with Crippen molar-refractivity contribution in [2.75, 3.05) is 5.32 Å². The Morgan fingerprint density at radius 3 is 2.26 bits per heavy atom. The summed E-state index contributed by atoms with van der Waals surface area (Å²) < 4.78 is 0. The summed E-state index contributed by atoms with van der Waals surface area (Å²) in [5.41, 5.74) is 4.85. The zero-order valence-corrected chi connectivity index (χ0v) is 11.8. The van der Waals surface area contributed by atoms with Crippen LogP contribution in [0.5, 0.6) is 0 Å². The lowest BCUT2D eigenvalue weighted by Crippen LogP contribution is -2.08. The van der Waals surface area contributed by atoms with Crippen LogP contribution in [0.3, 0.4) is 0 Å². The molecule has 98 valence electrons. The number of amidine groups is 1. The molecule has 2 heteroatoms. The molecule has 2 aromatic rings. The Hall–Kier alpha value is -2.09. The summed E-state index contributed by atoms with van der Waals surface area (Å²) >= 11 is 0. The SMILES string of the molecule is CC(=NCc1ccccc1)Nc1cc(C)cc(C)c1. The summed E-state index contributed by atoms with van der Waals surface area (Å²) in [6, 6.07) is 16.7. The van der Waals surface area contributed by atoms with Crippen molar-refractivity contribution >= 4 is 11.5 Å². The van der Waals surface area contributed by atoms with Crippen LogP contribution < -0.4 is 5.32 Å². The highest BCUT2D eigenvalue weighted by Crippen LogP contribution is 2.13. The van der Waals surface area contributed by atoms with Crippen LogP contribution in [-0.2, 0) is 6.54 Å². The standard InChI is InChI=1S/C17H20N2/c1-13-9-14(2)11-17(10-13)19-15(3)18-12-16-7-5-4-6-8-16/h4-11H,12H2,1-3H3,(H,18,19). The van der Waals surface area contributed by atoms with Gasteiger partial charge >= 0.3 is 0 Å². The first-order valence-corrected chi connectivity index (χ1v) is 6.54. The van der Waals surface area contributed by atoms with Crippen molar-refractivity contribution in [3.8, 4) is 0 Å². The topological polar surface area (TPSA) is 24.4 Å². The molecule has 1 N–H and O–H groups in total. The number of nitrogens with zero attached hydrogens (tertiary/aromatic N) is 1. The molecule has 0 aromatic heterocycles. The van der Waals surface area contributed by atoms with Crippen LogP contribution in [0.25, 0.3) is 0 Å². The van der Waals surface area contributed by atoms with Gasteiger partial charge in [-0.3, -0.25) is 4.99 Å². The van der Waals surface area contributed by atoms with E-state index >= 15 is 0 Å². The van der Waals surface area contributed by atoms with Crippen molar-refractivity contribution in [3.63, 3.8) is 0 Å². The maximum Gasteiger partial charge on any atom is 0.0979 e. The molecular formula is C17H20N2. The van der Waals surface area contributed by atoms with Gasteiger partial charge in [-0.25, -0.2) is 0 Å². The van der Waals surface area contributed by atoms with Crippen molar-refractivity contribution in [2.45, 2.75) is 27.3 Å². The van der Waals surface area contributed by atoms with Crippen LogP contribution in [0, 0.1) is 13.8 Å². The first-order valence-electron chi connectivity index (χ1n) is 6.54. The summed E-state index contributed by atoms with van der Waals surface area (Å²) in [5.74, 6) is 0.939. The number of aryl methyl sites for hydroxylation is 2. The molecule has 0 unspecified atom stereocenters. The summed E-state index contributed by atoms with van der Waals surface area (Å²) in [4.78, 5) is 4.55. The highest BCUT2D eigenvalue weighted by molar-refractivity contribution is 5.93. The number of aliphatic imine (C=N–C) groups is 1. The fourth-order valence-electron chi connectivity index (χ4n) is 2.09. The molecule has 0 heterocycles. The minimum absolute atomic E-state index is 0.713. The van der Waals surface area contributed by atoms with Gasteiger partial charge in [-0.15, -0.1) is 0 Å². The second-order valence-electron chi connectivity index (χ2n) is 4.89. The lowest BCUT2D eigenvalue weighted by molar-refractivity contribution is 1.06. The average molecular weight is 252 g/mol. The van der Waals surface area contributed by atoms with E-state index in [1.165, 1.54) is 16.7 Å². The number of nitrogens with one attached hydrogen (secondary N) is 1. The second kappa shape index (κ2) is 6.19. The summed E-state index contributed by atoms with van der Waals surface area (Å²) in [7, 11) is 0. The van der Waals surface area contributed by atoms with Gasteiger partial charge in [0.2, 0.25) is 0 Å². The van der Waals surface area contributed by atoms with Gasteiger partial charge in [0, 0.05) is 5.69 Å². The first kappa shape index (κ1) is 13.3. The van der Waals surface area contributed by atoms with Crippen molar-refractivity contribution in [3.05, 3.63) is 65.2 Å². The van der Waals surface area contributed by atoms with Crippen LogP contribution in [0.2, 0.25) is 0 Å². The summed E-state index contributed by atoms with van der Waals surface area (Å²) in [6.07, 6.45) is 0. The average Bonchev–Trinajstić information content (AvgIpc) is 2.36. The van der Waals surface area contributed by atoms with Crippen LogP contribution in [-0.4, -0.2) is 5.84 Å². The van der Waals surface area contributed by atoms with Crippen LogP contribution in [0.15, 0.2) is 53.5 Å². The van der Waals surface area contributed by atoms with E-state index in [4.69, 9.17) is 0 Å². The van der Waals surface area contributed by atoms with Gasteiger partial charge in [0.1, 0.15) is 0 Å². The lowest BCUT2D eigenvalue weighted by atomic mass is 10.1. The van der Waals surface area contributed by atoms with E-state index in [1.807, 2.05) is 25.1 Å². The molecule has 0 saturated heterocycles. The molecule has 2 nitrogen and oxygen atoms in total. The molecule has 2 aromatic carbocycles. The molecule has 0 amide bonds. The molecule has 19 heavy (non-hydrogen) atoms. The third-order valence-electron chi connectivity index (χ3n) is 2.89. The molecule has 0 aliphatic heterocycles. The zero-order valence-electron chi connectivity index (χ0n) is 11.8. The van der Waals surface area contributed by atoms with Crippen molar-refractivity contribution in [1.29, 1.82) is 0 Å². The Labute approximate surface area is 115 Å². The molecule has 0 spiro atoms. The molecule has 0 fully saturated rings. The largest absolute Gasteiger partial charge is 0.344 e. The second-order valence-corrected chi connectivity index (χ2v) is 4.89. The highest BCUT2D eigenvalue weighted by atomic mass is 15.0. The fraction of sp³-hybridized carbons (Fsp3) is 0.235. The van der Waals surface area contributed by atoms with E-state index in [0.717, 1.165) is 11.5 Å². The Kier molecular flexibility index (Phi) is 4.35. The maximum absolute atomic E-state index is 4.55. The Morgan fingerprint density at radius 1 is 1.00 bits per heavy atom. The van der Waals surface area contributed by atoms with Gasteiger partial charge in [0.05, 0.1) is 12.4 Å². The fourth-order valence-corrected chi connectivity index (χ4v) is 2.09. The van der Waals surface area contributed by atoms with E-state index in [-0.39, 0.29) is 0 Å². The Balaban J connectivity index is 2.02. The lowest BCUT2D eigenvalue weighted by Gasteiger charge is -2.08. The third-order valence-corrected chi connectivity index (χ3v) is 2.89. The van der Waals surface area contributed by atoms with E-state index in [0.29, 0.717) is 6.54 Å². The summed E-state index contributed by atoms with van der Waals surface area (Å²) in [5, 5.41) is 3.34. The van der Waals surface area contributed by atoms with Crippen LogP contribution in [0.4, 0.5) is 5.69 Å². The minimum Gasteiger partial charge on any atom is -0.344 e. The predicted molar refractivity (Wildman–Crippen MR) is 82.8 cm³/mol. The molecule has 0 aliphatic rings. The van der Waals surface area contributed by atoms with Crippen LogP contribution >= 0.6 is 0 Å². The monoisotopic (exact) mass is 252 g/mol. The Bertz CT molecular complexity index is 551. The number of hydrogen-bond acceptors (Lipinski definition) is 1. The molecule has 0 atom stereocenters. The van der Waals surface area contributed by atoms with E-state index in [2.05, 4.69) is 54.5 Å². The van der Waals surface area contributed by atoms with Gasteiger partial charge < -0.3 is 5.32 Å². The van der Waals surface area contributed by atoms with Crippen molar-refractivity contribution in [2.24, 2.45) is 4.99 Å². The molecule has 2 rings (SSSR count). The van der Waals surface area contributed by atoms with E-state index < -0.39 is 0 Å². The van der Waals surface area contributed by atoms with Gasteiger partial charge in [0.15, 0.2) is 0 Å². The van der Waals surface area contributed by atoms with Gasteiger partial charge in [-0.2, -0.15) is 0 Å². The van der Waals surface area contributed by atoms with E-state index in [9.17, 15) is 0 Å². The Morgan fingerprint density at radius 2 is 1.63 bits per heavy atom. The quantitative estimate of drug-likeness (QED) is 0.638. The van der Waals surface area contributed by atoms with Crippen LogP contribution in [0.1, 0.15) is 23.6 Å². The zero-order chi connectivity index (χ0) is 13.7. The number of anilines is 1. The van der Waals surface area contributed by atoms with Crippen molar-refractivity contribution < 1.29 is 0 Å². The third kappa shape index (κ3) is 4.25. The first-order chi connectivity index (χ1) is 9.13. The van der Waals surface area contributed by atoms with Gasteiger partial charge in [0.25, 0.3) is 0 Å². The number of benzene rings is 2. The minimum atomic E-state index is 0.713. The normalized spacial score (nSPS) is 11.4. The number of rotatable bonds is 3. The molecule has 0 radical (unpaired) electrons. The van der Waals surface area contributed by atoms with E-state index in [1.54, 1.807) is 0 Å². The van der Waals surface area contributed by atoms with Gasteiger partial charge in [-0.1, -0.05) is 36.4 Å². The summed E-state index contributed by atoms with van der Waals surface area (Å²) in [6.45, 7) is 6.92. The molecule has 0 aliphatic carbocycles. The van der Waals surface area contributed by atoms with Crippen molar-refractivity contribution in [1.82, 2.24) is 0 Å². The molecule has 0 saturated carbocycles. The predicted octanol–water partition coefficient (Wildman–Crippen LogP) is 4.33. The molecule has 0 bridgehead atoms. The number of hydrogen-bond donors (Lipinski definition) is 1. The smallest absolute Gasteiger partial charge is 0.0979 e.